The highest BCUT2D eigenvalue weighted by Crippen LogP contribution is 2.32. The summed E-state index contributed by atoms with van der Waals surface area (Å²) in [7, 11) is -1.33. The summed E-state index contributed by atoms with van der Waals surface area (Å²) in [6, 6.07) is 7.98. The molecule has 3 rings (SSSR count). The van der Waals surface area contributed by atoms with Crippen LogP contribution in [-0.4, -0.2) is 49.1 Å². The van der Waals surface area contributed by atoms with Gasteiger partial charge in [-0.25, -0.2) is 12.7 Å². The number of hydrogen-bond donors (Lipinski definition) is 0. The minimum Gasteiger partial charge on any atom is -0.297 e. The van der Waals surface area contributed by atoms with Crippen molar-refractivity contribution in [3.63, 3.8) is 0 Å². The van der Waals surface area contributed by atoms with E-state index < -0.39 is 10.0 Å². The molecule has 1 atom stereocenters. The van der Waals surface area contributed by atoms with E-state index in [4.69, 9.17) is 11.6 Å². The molecule has 0 spiro atoms. The Labute approximate surface area is 138 Å². The first-order valence-electron chi connectivity index (χ1n) is 7.90. The average molecular weight is 343 g/mol. The molecular weight excluding hydrogens is 320 g/mol. The van der Waals surface area contributed by atoms with E-state index in [1.54, 1.807) is 11.4 Å². The molecule has 1 saturated carbocycles. The van der Waals surface area contributed by atoms with Crippen LogP contribution >= 0.6 is 11.6 Å². The van der Waals surface area contributed by atoms with Gasteiger partial charge in [0.1, 0.15) is 0 Å². The third kappa shape index (κ3) is 3.65. The molecule has 0 radical (unpaired) electrons. The lowest BCUT2D eigenvalue weighted by Gasteiger charge is -2.37. The number of piperidine rings is 1. The molecule has 1 aromatic rings. The molecular formula is C16H23ClN2O2S. The van der Waals surface area contributed by atoms with Gasteiger partial charge in [0.15, 0.2) is 0 Å². The maximum absolute atomic E-state index is 12.4. The Balaban J connectivity index is 1.64. The maximum atomic E-state index is 12.4. The van der Waals surface area contributed by atoms with Crippen LogP contribution in [-0.2, 0) is 16.6 Å². The maximum Gasteiger partial charge on any atom is 0.217 e. The molecule has 0 N–H and O–H groups in total. The zero-order valence-electron chi connectivity index (χ0n) is 12.9. The quantitative estimate of drug-likeness (QED) is 0.826. The number of hydrogen-bond acceptors (Lipinski definition) is 3. The first-order chi connectivity index (χ1) is 10.5. The Kier molecular flexibility index (Phi) is 4.78. The highest BCUT2D eigenvalue weighted by Gasteiger charge is 2.41. The van der Waals surface area contributed by atoms with Gasteiger partial charge < -0.3 is 0 Å². The summed E-state index contributed by atoms with van der Waals surface area (Å²) >= 11 is 6.04. The Morgan fingerprint density at radius 3 is 2.77 bits per heavy atom. The van der Waals surface area contributed by atoms with Crippen LogP contribution in [0.4, 0.5) is 0 Å². The van der Waals surface area contributed by atoms with E-state index in [0.717, 1.165) is 50.3 Å². The molecule has 0 amide bonds. The molecule has 122 valence electrons. The summed E-state index contributed by atoms with van der Waals surface area (Å²) in [5, 5.41) is 0.625. The smallest absolute Gasteiger partial charge is 0.217 e. The zero-order chi connectivity index (χ0) is 15.7. The second kappa shape index (κ2) is 6.48. The molecule has 1 heterocycles. The first-order valence-corrected chi connectivity index (χ1v) is 9.78. The van der Waals surface area contributed by atoms with E-state index in [1.165, 1.54) is 5.56 Å². The van der Waals surface area contributed by atoms with Crippen molar-refractivity contribution in [1.82, 2.24) is 9.21 Å². The molecule has 22 heavy (non-hydrogen) atoms. The number of nitrogens with zero attached hydrogens (tertiary/aromatic N) is 2. The third-order valence-corrected chi connectivity index (χ3v) is 7.29. The van der Waals surface area contributed by atoms with Crippen molar-refractivity contribution >= 4 is 21.6 Å². The van der Waals surface area contributed by atoms with Crippen LogP contribution in [0.5, 0.6) is 0 Å². The highest BCUT2D eigenvalue weighted by atomic mass is 35.5. The highest BCUT2D eigenvalue weighted by molar-refractivity contribution is 7.90. The number of likely N-dealkylation sites (N-methyl/N-ethyl adjacent to an activating group) is 1. The molecule has 2 aliphatic rings. The lowest BCUT2D eigenvalue weighted by molar-refractivity contribution is 0.153. The predicted molar refractivity (Wildman–Crippen MR) is 89.5 cm³/mol. The number of rotatable bonds is 5. The normalized spacial score (nSPS) is 23.9. The molecule has 1 aromatic carbocycles. The van der Waals surface area contributed by atoms with Crippen LogP contribution in [0.2, 0.25) is 5.02 Å². The third-order valence-electron chi connectivity index (χ3n) is 4.64. The van der Waals surface area contributed by atoms with E-state index in [2.05, 4.69) is 11.0 Å². The van der Waals surface area contributed by atoms with Crippen LogP contribution in [0, 0.1) is 0 Å². The molecule has 1 saturated heterocycles. The number of likely N-dealkylation sites (tertiary alicyclic amines) is 1. The predicted octanol–water partition coefficient (Wildman–Crippen LogP) is 2.73. The van der Waals surface area contributed by atoms with Gasteiger partial charge in [-0.15, -0.1) is 0 Å². The summed E-state index contributed by atoms with van der Waals surface area (Å²) in [6.45, 7) is 2.64. The lowest BCUT2D eigenvalue weighted by atomic mass is 10.1. The van der Waals surface area contributed by atoms with E-state index in [1.807, 2.05) is 18.2 Å². The SMILES string of the molecule is CN(C1CCCN(Cc2cccc(Cl)c2)C1)S(=O)(=O)C1CC1. The van der Waals surface area contributed by atoms with Crippen LogP contribution in [0.15, 0.2) is 24.3 Å². The molecule has 0 aromatic heterocycles. The second-order valence-corrected chi connectivity index (χ2v) is 9.13. The van der Waals surface area contributed by atoms with Gasteiger partial charge in [-0.05, 0) is 49.9 Å². The van der Waals surface area contributed by atoms with E-state index in [-0.39, 0.29) is 11.3 Å². The minimum absolute atomic E-state index is 0.0959. The topological polar surface area (TPSA) is 40.6 Å². The molecule has 4 nitrogen and oxygen atoms in total. The van der Waals surface area contributed by atoms with E-state index in [9.17, 15) is 8.42 Å². The Morgan fingerprint density at radius 2 is 2.09 bits per heavy atom. The van der Waals surface area contributed by atoms with Crippen LogP contribution in [0.1, 0.15) is 31.2 Å². The minimum atomic E-state index is -3.08. The fourth-order valence-electron chi connectivity index (χ4n) is 3.17. The Bertz CT molecular complexity index is 631. The second-order valence-electron chi connectivity index (χ2n) is 6.42. The fourth-order valence-corrected chi connectivity index (χ4v) is 5.18. The van der Waals surface area contributed by atoms with Crippen molar-refractivity contribution in [3.8, 4) is 0 Å². The number of halogens is 1. The molecule has 0 bridgehead atoms. The zero-order valence-corrected chi connectivity index (χ0v) is 14.5. The van der Waals surface area contributed by atoms with Gasteiger partial charge in [0.25, 0.3) is 0 Å². The molecule has 1 aliphatic carbocycles. The lowest BCUT2D eigenvalue weighted by Crippen LogP contribution is -2.48. The number of benzene rings is 1. The largest absolute Gasteiger partial charge is 0.297 e. The van der Waals surface area contributed by atoms with Gasteiger partial charge in [0.2, 0.25) is 10.0 Å². The fraction of sp³-hybridized carbons (Fsp3) is 0.625. The summed E-state index contributed by atoms with van der Waals surface area (Å²) in [4.78, 5) is 2.33. The van der Waals surface area contributed by atoms with Crippen molar-refractivity contribution in [2.45, 2.75) is 43.5 Å². The Morgan fingerprint density at radius 1 is 1.32 bits per heavy atom. The summed E-state index contributed by atoms with van der Waals surface area (Å²) in [6.07, 6.45) is 3.64. The molecule has 1 unspecified atom stereocenters. The molecule has 1 aliphatic heterocycles. The van der Waals surface area contributed by atoms with Crippen molar-refractivity contribution in [1.29, 1.82) is 0 Å². The van der Waals surface area contributed by atoms with Crippen LogP contribution in [0.25, 0.3) is 0 Å². The molecule has 6 heteroatoms. The van der Waals surface area contributed by atoms with Gasteiger partial charge in [0, 0.05) is 31.2 Å². The van der Waals surface area contributed by atoms with Gasteiger partial charge in [0.05, 0.1) is 5.25 Å². The van der Waals surface area contributed by atoms with Crippen LogP contribution in [0.3, 0.4) is 0 Å². The Hall–Kier alpha value is -0.620. The first kappa shape index (κ1) is 16.2. The summed E-state index contributed by atoms with van der Waals surface area (Å²) in [5.41, 5.74) is 1.18. The summed E-state index contributed by atoms with van der Waals surface area (Å²) < 4.78 is 26.4. The van der Waals surface area contributed by atoms with Gasteiger partial charge in [-0.2, -0.15) is 0 Å². The van der Waals surface area contributed by atoms with Crippen molar-refractivity contribution in [2.75, 3.05) is 20.1 Å². The van der Waals surface area contributed by atoms with Gasteiger partial charge in [-0.3, -0.25) is 4.90 Å². The van der Waals surface area contributed by atoms with Crippen molar-refractivity contribution in [2.24, 2.45) is 0 Å². The van der Waals surface area contributed by atoms with E-state index in [0.29, 0.717) is 0 Å². The number of sulfonamides is 1. The van der Waals surface area contributed by atoms with Gasteiger partial charge in [-0.1, -0.05) is 23.7 Å². The van der Waals surface area contributed by atoms with Gasteiger partial charge >= 0.3 is 0 Å². The standard InChI is InChI=1S/C16H23ClN2O2S/c1-18(22(20,21)16-7-8-16)15-6-3-9-19(12-15)11-13-4-2-5-14(17)10-13/h2,4-5,10,15-16H,3,6-9,11-12H2,1H3. The molecule has 2 fully saturated rings. The van der Waals surface area contributed by atoms with Crippen LogP contribution < -0.4 is 0 Å². The van der Waals surface area contributed by atoms with Crippen molar-refractivity contribution < 1.29 is 8.42 Å². The summed E-state index contributed by atoms with van der Waals surface area (Å²) in [5.74, 6) is 0. The van der Waals surface area contributed by atoms with E-state index >= 15 is 0 Å². The monoisotopic (exact) mass is 342 g/mol. The van der Waals surface area contributed by atoms with Crippen molar-refractivity contribution in [3.05, 3.63) is 34.9 Å². The average Bonchev–Trinajstić information content (AvgIpc) is 3.32.